The van der Waals surface area contributed by atoms with Gasteiger partial charge >= 0.3 is 11.9 Å². The Hall–Kier alpha value is -3.35. The van der Waals surface area contributed by atoms with Gasteiger partial charge in [0.1, 0.15) is 28.9 Å². The second-order valence-electron chi connectivity index (χ2n) is 5.77. The number of fused-ring (bicyclic) bond motifs is 1. The maximum absolute atomic E-state index is 12.9. The lowest BCUT2D eigenvalue weighted by atomic mass is 10.1. The highest BCUT2D eigenvalue weighted by atomic mass is 16.5. The molecule has 3 aromatic rings. The second kappa shape index (κ2) is 7.49. The van der Waals surface area contributed by atoms with Crippen LogP contribution >= 0.6 is 0 Å². The van der Waals surface area contributed by atoms with Crippen molar-refractivity contribution in [3.05, 3.63) is 52.1 Å². The minimum Gasteiger partial charge on any atom is -0.463 e. The first kappa shape index (κ1) is 18.4. The highest BCUT2D eigenvalue weighted by Crippen LogP contribution is 2.28. The standard InChI is InChI=1S/C20H18O7/c1-4-12-8-13-18(9-17(12)26-11(3)21)25-10-14(19(13)22)15-6-7-16(27-15)20(23)24-5-2/h6-10H,4-5H2,1-3H3. The molecule has 0 amide bonds. The highest BCUT2D eigenvalue weighted by molar-refractivity contribution is 5.88. The van der Waals surface area contributed by atoms with Crippen molar-refractivity contribution in [1.29, 1.82) is 0 Å². The van der Waals surface area contributed by atoms with E-state index in [1.807, 2.05) is 6.92 Å². The molecular weight excluding hydrogens is 352 g/mol. The molecule has 0 aliphatic heterocycles. The van der Waals surface area contributed by atoms with Gasteiger partial charge in [-0.1, -0.05) is 6.92 Å². The van der Waals surface area contributed by atoms with Crippen LogP contribution in [0.25, 0.3) is 22.3 Å². The number of carbonyl (C=O) groups excluding carboxylic acids is 2. The van der Waals surface area contributed by atoms with Gasteiger partial charge in [0.25, 0.3) is 0 Å². The fourth-order valence-electron chi connectivity index (χ4n) is 2.69. The average Bonchev–Trinajstić information content (AvgIpc) is 3.11. The number of benzene rings is 1. The van der Waals surface area contributed by atoms with E-state index in [2.05, 4.69) is 0 Å². The Morgan fingerprint density at radius 3 is 2.59 bits per heavy atom. The van der Waals surface area contributed by atoms with Crippen molar-refractivity contribution in [1.82, 2.24) is 0 Å². The Balaban J connectivity index is 2.09. The summed E-state index contributed by atoms with van der Waals surface area (Å²) in [5.41, 5.74) is 0.855. The zero-order chi connectivity index (χ0) is 19.6. The van der Waals surface area contributed by atoms with Gasteiger partial charge < -0.3 is 18.3 Å². The normalized spacial score (nSPS) is 10.8. The van der Waals surface area contributed by atoms with Crippen LogP contribution in [0.15, 0.2) is 44.2 Å². The first-order valence-corrected chi connectivity index (χ1v) is 8.48. The summed E-state index contributed by atoms with van der Waals surface area (Å²) in [7, 11) is 0. The van der Waals surface area contributed by atoms with Gasteiger partial charge in [0.05, 0.1) is 12.0 Å². The minimum atomic E-state index is -0.604. The summed E-state index contributed by atoms with van der Waals surface area (Å²) < 4.78 is 21.1. The predicted octanol–water partition coefficient (Wildman–Crippen LogP) is 3.72. The van der Waals surface area contributed by atoms with Gasteiger partial charge in [-0.3, -0.25) is 9.59 Å². The van der Waals surface area contributed by atoms with E-state index < -0.39 is 11.9 Å². The van der Waals surface area contributed by atoms with Crippen LogP contribution in [0.5, 0.6) is 5.75 Å². The lowest BCUT2D eigenvalue weighted by Crippen LogP contribution is -2.08. The van der Waals surface area contributed by atoms with Crippen LogP contribution in [0.2, 0.25) is 0 Å². The molecular formula is C20H18O7. The summed E-state index contributed by atoms with van der Waals surface area (Å²) in [6.45, 7) is 5.10. The van der Waals surface area contributed by atoms with Gasteiger partial charge in [-0.25, -0.2) is 4.79 Å². The number of carbonyl (C=O) groups is 2. The van der Waals surface area contributed by atoms with Crippen LogP contribution in [0.3, 0.4) is 0 Å². The van der Waals surface area contributed by atoms with E-state index in [0.29, 0.717) is 23.1 Å². The second-order valence-corrected chi connectivity index (χ2v) is 5.77. The van der Waals surface area contributed by atoms with E-state index in [4.69, 9.17) is 18.3 Å². The number of rotatable bonds is 5. The smallest absolute Gasteiger partial charge is 0.374 e. The Morgan fingerprint density at radius 1 is 1.15 bits per heavy atom. The van der Waals surface area contributed by atoms with Crippen molar-refractivity contribution in [2.24, 2.45) is 0 Å². The predicted molar refractivity (Wildman–Crippen MR) is 96.8 cm³/mol. The molecule has 0 aliphatic rings. The van der Waals surface area contributed by atoms with Gasteiger partial charge in [0, 0.05) is 13.0 Å². The lowest BCUT2D eigenvalue weighted by molar-refractivity contribution is -0.131. The molecule has 0 radical (unpaired) electrons. The molecule has 0 aliphatic carbocycles. The van der Waals surface area contributed by atoms with E-state index in [1.54, 1.807) is 13.0 Å². The van der Waals surface area contributed by atoms with Crippen LogP contribution in [-0.4, -0.2) is 18.5 Å². The van der Waals surface area contributed by atoms with Crippen LogP contribution in [-0.2, 0) is 16.0 Å². The summed E-state index contributed by atoms with van der Waals surface area (Å²) in [5, 5.41) is 0.328. The molecule has 0 bridgehead atoms. The average molecular weight is 370 g/mol. The summed E-state index contributed by atoms with van der Waals surface area (Å²) in [6.07, 6.45) is 1.82. The zero-order valence-electron chi connectivity index (χ0n) is 15.2. The van der Waals surface area contributed by atoms with Gasteiger partial charge in [-0.05, 0) is 37.1 Å². The zero-order valence-corrected chi connectivity index (χ0v) is 15.2. The number of esters is 2. The molecule has 2 aromatic heterocycles. The van der Waals surface area contributed by atoms with Crippen LogP contribution in [0, 0.1) is 0 Å². The first-order chi connectivity index (χ1) is 12.9. The van der Waals surface area contributed by atoms with Gasteiger partial charge in [-0.15, -0.1) is 0 Å². The van der Waals surface area contributed by atoms with E-state index in [9.17, 15) is 14.4 Å². The van der Waals surface area contributed by atoms with Gasteiger partial charge in [0.2, 0.25) is 11.2 Å². The topological polar surface area (TPSA) is 96.0 Å². The number of ether oxygens (including phenoxy) is 2. The molecule has 0 atom stereocenters. The minimum absolute atomic E-state index is 0.00537. The highest BCUT2D eigenvalue weighted by Gasteiger charge is 2.18. The molecule has 0 spiro atoms. The van der Waals surface area contributed by atoms with Crippen LogP contribution < -0.4 is 10.2 Å². The quantitative estimate of drug-likeness (QED) is 0.499. The monoisotopic (exact) mass is 370 g/mol. The van der Waals surface area contributed by atoms with Gasteiger partial charge in [0.15, 0.2) is 0 Å². The molecule has 3 rings (SSSR count). The van der Waals surface area contributed by atoms with Crippen LogP contribution in [0.4, 0.5) is 0 Å². The third-order valence-electron chi connectivity index (χ3n) is 3.94. The molecule has 2 heterocycles. The molecule has 7 nitrogen and oxygen atoms in total. The van der Waals surface area contributed by atoms with Crippen molar-refractivity contribution in [2.75, 3.05) is 6.61 Å². The van der Waals surface area contributed by atoms with Crippen molar-refractivity contribution in [3.8, 4) is 17.1 Å². The number of hydrogen-bond acceptors (Lipinski definition) is 7. The molecule has 0 unspecified atom stereocenters. The van der Waals surface area contributed by atoms with Crippen LogP contribution in [0.1, 0.15) is 36.9 Å². The maximum atomic E-state index is 12.9. The van der Waals surface area contributed by atoms with E-state index in [0.717, 1.165) is 0 Å². The van der Waals surface area contributed by atoms with Crippen molar-refractivity contribution >= 4 is 22.9 Å². The van der Waals surface area contributed by atoms with Crippen molar-refractivity contribution in [2.45, 2.75) is 27.2 Å². The third-order valence-corrected chi connectivity index (χ3v) is 3.94. The summed E-state index contributed by atoms with van der Waals surface area (Å²) in [6, 6.07) is 6.11. The van der Waals surface area contributed by atoms with Crippen molar-refractivity contribution in [3.63, 3.8) is 0 Å². The number of furan rings is 1. The summed E-state index contributed by atoms with van der Waals surface area (Å²) >= 11 is 0. The van der Waals surface area contributed by atoms with E-state index >= 15 is 0 Å². The molecule has 140 valence electrons. The first-order valence-electron chi connectivity index (χ1n) is 8.48. The molecule has 0 N–H and O–H groups in total. The number of hydrogen-bond donors (Lipinski definition) is 0. The van der Waals surface area contributed by atoms with E-state index in [1.165, 1.54) is 31.4 Å². The molecule has 1 aromatic carbocycles. The molecule has 27 heavy (non-hydrogen) atoms. The third kappa shape index (κ3) is 3.62. The summed E-state index contributed by atoms with van der Waals surface area (Å²) in [5.74, 6) is -0.490. The Labute approximate surface area is 154 Å². The fraction of sp³-hybridized carbons (Fsp3) is 0.250. The van der Waals surface area contributed by atoms with Gasteiger partial charge in [-0.2, -0.15) is 0 Å². The SMILES string of the molecule is CCOC(=O)c1ccc(-c2coc3cc(OC(C)=O)c(CC)cc3c2=O)o1. The largest absolute Gasteiger partial charge is 0.463 e. The van der Waals surface area contributed by atoms with E-state index in [-0.39, 0.29) is 34.7 Å². The molecule has 0 fully saturated rings. The maximum Gasteiger partial charge on any atom is 0.374 e. The number of aryl methyl sites for hydroxylation is 1. The lowest BCUT2D eigenvalue weighted by Gasteiger charge is -2.09. The summed E-state index contributed by atoms with van der Waals surface area (Å²) in [4.78, 5) is 35.9. The Morgan fingerprint density at radius 2 is 1.93 bits per heavy atom. The fourth-order valence-corrected chi connectivity index (χ4v) is 2.69. The molecule has 0 saturated heterocycles. The Kier molecular flexibility index (Phi) is 5.12. The Bertz CT molecular complexity index is 1070. The molecule has 7 heteroatoms. The molecule has 0 saturated carbocycles. The van der Waals surface area contributed by atoms with Crippen molar-refractivity contribution < 1.29 is 27.9 Å².